The van der Waals surface area contributed by atoms with Crippen molar-refractivity contribution in [1.29, 1.82) is 0 Å². The van der Waals surface area contributed by atoms with E-state index >= 15 is 0 Å². The van der Waals surface area contributed by atoms with E-state index in [1.807, 2.05) is 0 Å². The van der Waals surface area contributed by atoms with Crippen LogP contribution in [0.1, 0.15) is 581 Å². The van der Waals surface area contributed by atoms with Crippen molar-refractivity contribution in [3.05, 3.63) is 0 Å². The first kappa shape index (κ1) is 123. The van der Waals surface area contributed by atoms with E-state index in [0.29, 0.717) is 0 Å². The molecule has 632 valence electrons. The Hall–Kier alpha value is 2.99. The zero-order valence-electron chi connectivity index (χ0n) is 75.9. The van der Waals surface area contributed by atoms with Gasteiger partial charge in [-0.25, -0.2) is 0 Å². The molecule has 0 spiro atoms. The van der Waals surface area contributed by atoms with Gasteiger partial charge in [-0.05, 0) is 38.5 Å². The van der Waals surface area contributed by atoms with E-state index in [1.165, 1.54) is 539 Å². The maximum absolute atomic E-state index is 8.55. The van der Waals surface area contributed by atoms with E-state index in [-0.39, 0.29) is 88.7 Å². The summed E-state index contributed by atoms with van der Waals surface area (Å²) in [5.74, 6) is 0. The Bertz CT molecular complexity index is 1180. The van der Waals surface area contributed by atoms with Crippen molar-refractivity contribution in [1.82, 2.24) is 0 Å². The summed E-state index contributed by atoms with van der Waals surface area (Å²) < 4.78 is 26.1. The number of unbranched alkanes of at least 4 members (excludes halogenated alkanes) is 78. The normalized spacial score (nSPS) is 11.1. The molecule has 7 nitrogen and oxygen atoms in total. The third-order valence-corrected chi connectivity index (χ3v) is 21.9. The van der Waals surface area contributed by atoms with Crippen LogP contribution in [-0.2, 0) is 18.8 Å². The molecule has 0 rings (SSSR count). The molecule has 0 fully saturated rings. The van der Waals surface area contributed by atoms with Crippen LogP contribution >= 0.6 is 7.82 Å². The molecule has 0 atom stereocenters. The second-order valence-electron chi connectivity index (χ2n) is 32.9. The number of phosphoric acid groups is 1. The Morgan fingerprint density at radius 2 is 0.196 bits per heavy atom. The molecular weight excluding hydrogens is 1360 g/mol. The third-order valence-electron chi connectivity index (χ3n) is 21.9. The van der Waals surface area contributed by atoms with E-state index < -0.39 is 7.82 Å². The molecule has 0 saturated heterocycles. The molecule has 107 heavy (non-hydrogen) atoms. The molecule has 0 saturated carbocycles. The molecule has 0 aromatic heterocycles. The van der Waals surface area contributed by atoms with Gasteiger partial charge in [0, 0.05) is 39.6 Å². The van der Waals surface area contributed by atoms with Gasteiger partial charge in [-0.2, -0.15) is 7.82 Å². The first-order chi connectivity index (χ1) is 51.2. The third kappa shape index (κ3) is 144. The first-order valence-electron chi connectivity index (χ1n) is 48.7. The zero-order chi connectivity index (χ0) is 76.3. The van der Waals surface area contributed by atoms with Gasteiger partial charge in [0.05, 0.1) is 0 Å². The number of hydrogen-bond donors (Lipinski definition) is 0. The summed E-state index contributed by atoms with van der Waals surface area (Å²) in [5, 5.41) is 0. The predicted molar refractivity (Wildman–Crippen MR) is 462 cm³/mol. The van der Waals surface area contributed by atoms with Gasteiger partial charge in [0.1, 0.15) is 0 Å². The standard InChI is InChI=1S/3C32H66O.3Na.H3O4P/c3*1-3-5-7-9-11-13-15-17-19-21-23-25-27-29-31-33-32-30-28-26-24-22-20-18-16-14-12-10-8-6-4-2;;;;1-5(2,3)4/h3*3-32H2,1-2H3;;;;(H3,1,2,3,4)/q;;;3*+1;/p-3. The van der Waals surface area contributed by atoms with Crippen molar-refractivity contribution >= 4 is 7.82 Å². The molecule has 0 aromatic carbocycles. The second kappa shape index (κ2) is 122. The SMILES string of the molecule is CCCCCCCCCCCCCCCCOCCCCCCCCCCCCCCCC.CCCCCCCCCCCCCCCCOCCCCCCCCCCCCCCCC.CCCCCCCCCCCCCCCCOCCCCCCCCCCCCCCCC.O=P([O-])([O-])[O-].[Na+].[Na+].[Na+]. The minimum atomic E-state index is -5.39. The molecule has 0 radical (unpaired) electrons. The largest absolute Gasteiger partial charge is 1.00 e. The van der Waals surface area contributed by atoms with E-state index in [9.17, 15) is 0 Å². The summed E-state index contributed by atoms with van der Waals surface area (Å²) in [7, 11) is -5.39. The fourth-order valence-electron chi connectivity index (χ4n) is 14.7. The van der Waals surface area contributed by atoms with E-state index in [2.05, 4.69) is 41.5 Å². The van der Waals surface area contributed by atoms with Crippen LogP contribution in [0, 0.1) is 0 Å². The predicted octanol–water partition coefficient (Wildman–Crippen LogP) is 24.1. The number of hydrogen-bond acceptors (Lipinski definition) is 7. The Morgan fingerprint density at radius 1 is 0.140 bits per heavy atom. The molecule has 0 amide bonds. The van der Waals surface area contributed by atoms with Crippen LogP contribution in [0.5, 0.6) is 0 Å². The fraction of sp³-hybridized carbons (Fsp3) is 1.00. The number of rotatable bonds is 90. The topological polar surface area (TPSA) is 114 Å². The zero-order valence-corrected chi connectivity index (χ0v) is 82.8. The molecule has 11 heteroatoms. The molecule has 0 heterocycles. The summed E-state index contributed by atoms with van der Waals surface area (Å²) in [6.07, 6.45) is 120. The van der Waals surface area contributed by atoms with Crippen molar-refractivity contribution in [2.45, 2.75) is 581 Å². The molecule has 0 unspecified atom stereocenters. The quantitative estimate of drug-likeness (QED) is 0.0338. The van der Waals surface area contributed by atoms with Gasteiger partial charge in [0.2, 0.25) is 0 Å². The first-order valence-corrected chi connectivity index (χ1v) is 50.2. The smallest absolute Gasteiger partial charge is 0.822 e. The van der Waals surface area contributed by atoms with Crippen LogP contribution < -0.4 is 103 Å². The molecule has 0 bridgehead atoms. The van der Waals surface area contributed by atoms with Crippen molar-refractivity contribution in [2.24, 2.45) is 0 Å². The van der Waals surface area contributed by atoms with Crippen molar-refractivity contribution < 1.29 is 122 Å². The average molecular weight is 1560 g/mol. The maximum atomic E-state index is 8.55. The second-order valence-corrected chi connectivity index (χ2v) is 33.8. The van der Waals surface area contributed by atoms with Crippen LogP contribution in [-0.4, -0.2) is 39.6 Å². The summed E-state index contributed by atoms with van der Waals surface area (Å²) in [6, 6.07) is 0. The van der Waals surface area contributed by atoms with E-state index in [0.717, 1.165) is 39.6 Å². The molecule has 0 N–H and O–H groups in total. The Morgan fingerprint density at radius 3 is 0.262 bits per heavy atom. The van der Waals surface area contributed by atoms with Gasteiger partial charge in [-0.1, -0.05) is 542 Å². The van der Waals surface area contributed by atoms with Crippen molar-refractivity contribution in [3.8, 4) is 0 Å². The van der Waals surface area contributed by atoms with E-state index in [4.69, 9.17) is 33.5 Å². The Balaban J connectivity index is -0.000000267. The summed E-state index contributed by atoms with van der Waals surface area (Å²) in [6.45, 7) is 19.8. The molecule has 0 aromatic rings. The minimum absolute atomic E-state index is 0. The van der Waals surface area contributed by atoms with Crippen LogP contribution in [0.2, 0.25) is 0 Å². The van der Waals surface area contributed by atoms with E-state index in [1.54, 1.807) is 0 Å². The summed E-state index contributed by atoms with van der Waals surface area (Å²) in [4.78, 5) is 25.6. The Labute approximate surface area is 743 Å². The van der Waals surface area contributed by atoms with Gasteiger partial charge >= 0.3 is 88.7 Å². The van der Waals surface area contributed by atoms with Crippen LogP contribution in [0.25, 0.3) is 0 Å². The fourth-order valence-corrected chi connectivity index (χ4v) is 14.7. The van der Waals surface area contributed by atoms with Crippen LogP contribution in [0.3, 0.4) is 0 Å². The van der Waals surface area contributed by atoms with Gasteiger partial charge in [0.25, 0.3) is 0 Å². The average Bonchev–Trinajstić information content (AvgIpc) is 3.82. The molecular formula is C96H198Na3O7P. The van der Waals surface area contributed by atoms with Crippen LogP contribution in [0.4, 0.5) is 0 Å². The van der Waals surface area contributed by atoms with Crippen molar-refractivity contribution in [3.63, 3.8) is 0 Å². The van der Waals surface area contributed by atoms with Gasteiger partial charge in [0.15, 0.2) is 0 Å². The van der Waals surface area contributed by atoms with Gasteiger partial charge in [-0.15, -0.1) is 0 Å². The molecule has 0 aliphatic carbocycles. The minimum Gasteiger partial charge on any atom is -0.822 e. The number of ether oxygens (including phenoxy) is 3. The van der Waals surface area contributed by atoms with Gasteiger partial charge < -0.3 is 33.5 Å². The van der Waals surface area contributed by atoms with Gasteiger partial charge in [-0.3, -0.25) is 0 Å². The Kier molecular flexibility index (Phi) is 141. The van der Waals surface area contributed by atoms with Crippen molar-refractivity contribution in [2.75, 3.05) is 39.6 Å². The monoisotopic (exact) mass is 1560 g/mol. The summed E-state index contributed by atoms with van der Waals surface area (Å²) in [5.41, 5.74) is 0. The molecule has 0 aliphatic rings. The maximum Gasteiger partial charge on any atom is 1.00 e. The summed E-state index contributed by atoms with van der Waals surface area (Å²) >= 11 is 0. The molecule has 0 aliphatic heterocycles. The van der Waals surface area contributed by atoms with Crippen LogP contribution in [0.15, 0.2) is 0 Å².